The second-order valence-electron chi connectivity index (χ2n) is 7.66. The number of nitrogens with zero attached hydrogens (tertiary/aromatic N) is 4. The largest absolute Gasteiger partial charge is 0.465 e. The highest BCUT2D eigenvalue weighted by Gasteiger charge is 2.27. The molecule has 1 N–H and O–H groups in total. The molecule has 0 radical (unpaired) electrons. The number of carbonyl (C=O) groups is 3. The molecule has 1 aromatic carbocycles. The third-order valence-electron chi connectivity index (χ3n) is 5.58. The quantitative estimate of drug-likeness (QED) is 0.306. The van der Waals surface area contributed by atoms with E-state index in [0.29, 0.717) is 16.5 Å². The van der Waals surface area contributed by atoms with Crippen molar-refractivity contribution >= 4 is 51.6 Å². The van der Waals surface area contributed by atoms with Gasteiger partial charge in [-0.2, -0.15) is 0 Å². The molecule has 0 saturated carbocycles. The van der Waals surface area contributed by atoms with Crippen LogP contribution in [0.15, 0.2) is 29.4 Å². The van der Waals surface area contributed by atoms with Crippen molar-refractivity contribution in [3.05, 3.63) is 40.3 Å². The number of amides is 1. The SMILES string of the molecule is CCN(CC)c1ccc(-c2nnc(SCC(=O)Nc3sc(C(=O)OC)c(C)c3C(=O)OC)n2C)cc1. The number of methoxy groups -OCH3 is 2. The third kappa shape index (κ3) is 5.71. The second-order valence-corrected chi connectivity index (χ2v) is 9.63. The van der Waals surface area contributed by atoms with Crippen LogP contribution < -0.4 is 10.2 Å². The van der Waals surface area contributed by atoms with Crippen molar-refractivity contribution in [2.24, 2.45) is 7.05 Å². The molecule has 0 atom stereocenters. The van der Waals surface area contributed by atoms with Gasteiger partial charge in [-0.3, -0.25) is 4.79 Å². The molecule has 1 amide bonds. The number of hydrogen-bond acceptors (Lipinski definition) is 10. The Bertz CT molecular complexity index is 1250. The molecule has 0 unspecified atom stereocenters. The van der Waals surface area contributed by atoms with Gasteiger partial charge in [-0.25, -0.2) is 9.59 Å². The van der Waals surface area contributed by atoms with Gasteiger partial charge in [0.15, 0.2) is 11.0 Å². The summed E-state index contributed by atoms with van der Waals surface area (Å²) in [5, 5.41) is 12.0. The van der Waals surface area contributed by atoms with Crippen LogP contribution in [0.1, 0.15) is 39.4 Å². The Labute approximate surface area is 218 Å². The number of carbonyl (C=O) groups excluding carboxylic acids is 3. The zero-order chi connectivity index (χ0) is 26.4. The summed E-state index contributed by atoms with van der Waals surface area (Å²) >= 11 is 2.18. The summed E-state index contributed by atoms with van der Waals surface area (Å²) < 4.78 is 11.4. The number of esters is 2. The number of hydrogen-bond donors (Lipinski definition) is 1. The lowest BCUT2D eigenvalue weighted by Crippen LogP contribution is -2.21. The predicted octanol–water partition coefficient (Wildman–Crippen LogP) is 4.00. The molecular weight excluding hydrogens is 502 g/mol. The molecule has 0 saturated heterocycles. The lowest BCUT2D eigenvalue weighted by molar-refractivity contribution is -0.113. The minimum atomic E-state index is -0.646. The lowest BCUT2D eigenvalue weighted by Gasteiger charge is -2.21. The average Bonchev–Trinajstić information content (AvgIpc) is 3.41. The Balaban J connectivity index is 1.71. The van der Waals surface area contributed by atoms with Crippen LogP contribution in [0.5, 0.6) is 0 Å². The third-order valence-corrected chi connectivity index (χ3v) is 7.79. The van der Waals surface area contributed by atoms with Crippen LogP contribution in [0, 0.1) is 6.92 Å². The van der Waals surface area contributed by atoms with Crippen molar-refractivity contribution in [1.29, 1.82) is 0 Å². The molecule has 3 aromatic rings. The number of aromatic nitrogens is 3. The van der Waals surface area contributed by atoms with E-state index in [1.165, 1.54) is 26.0 Å². The number of nitrogens with one attached hydrogen (secondary N) is 1. The molecule has 12 heteroatoms. The molecule has 36 heavy (non-hydrogen) atoms. The summed E-state index contributed by atoms with van der Waals surface area (Å²) in [4.78, 5) is 39.5. The van der Waals surface area contributed by atoms with E-state index in [1.54, 1.807) is 6.92 Å². The number of thiophene rings is 1. The maximum Gasteiger partial charge on any atom is 0.348 e. The van der Waals surface area contributed by atoms with Crippen LogP contribution in [-0.4, -0.2) is 65.7 Å². The zero-order valence-corrected chi connectivity index (χ0v) is 22.7. The summed E-state index contributed by atoms with van der Waals surface area (Å²) in [6.07, 6.45) is 0. The minimum Gasteiger partial charge on any atom is -0.465 e. The first-order chi connectivity index (χ1) is 17.2. The fraction of sp³-hybridized carbons (Fsp3) is 0.375. The minimum absolute atomic E-state index is 0.0258. The molecule has 0 aliphatic heterocycles. The number of rotatable bonds is 10. The fourth-order valence-electron chi connectivity index (χ4n) is 3.63. The van der Waals surface area contributed by atoms with Gasteiger partial charge in [-0.05, 0) is 50.6 Å². The number of anilines is 2. The van der Waals surface area contributed by atoms with Gasteiger partial charge in [0.2, 0.25) is 5.91 Å². The number of benzene rings is 1. The Kier molecular flexibility index (Phi) is 9.10. The summed E-state index contributed by atoms with van der Waals surface area (Å²) in [6.45, 7) is 7.70. The van der Waals surface area contributed by atoms with Gasteiger partial charge < -0.3 is 24.3 Å². The van der Waals surface area contributed by atoms with Crippen LogP contribution in [0.25, 0.3) is 11.4 Å². The average molecular weight is 532 g/mol. The van der Waals surface area contributed by atoms with E-state index in [-0.39, 0.29) is 27.1 Å². The molecule has 0 aliphatic rings. The van der Waals surface area contributed by atoms with Crippen molar-refractivity contribution in [2.75, 3.05) is 43.3 Å². The Morgan fingerprint density at radius 1 is 1.06 bits per heavy atom. The predicted molar refractivity (Wildman–Crippen MR) is 141 cm³/mol. The number of thioether (sulfide) groups is 1. The topological polar surface area (TPSA) is 116 Å². The van der Waals surface area contributed by atoms with E-state index >= 15 is 0 Å². The lowest BCUT2D eigenvalue weighted by atomic mass is 10.1. The molecule has 3 rings (SSSR count). The van der Waals surface area contributed by atoms with Gasteiger partial charge in [-0.15, -0.1) is 21.5 Å². The fourth-order valence-corrected chi connectivity index (χ4v) is 5.47. The summed E-state index contributed by atoms with van der Waals surface area (Å²) in [6, 6.07) is 8.12. The molecule has 10 nitrogen and oxygen atoms in total. The maximum absolute atomic E-state index is 12.7. The molecular formula is C24H29N5O5S2. The van der Waals surface area contributed by atoms with Crippen molar-refractivity contribution < 1.29 is 23.9 Å². The van der Waals surface area contributed by atoms with E-state index in [1.807, 2.05) is 23.7 Å². The first-order valence-electron chi connectivity index (χ1n) is 11.2. The molecule has 2 heterocycles. The Morgan fingerprint density at radius 2 is 1.69 bits per heavy atom. The van der Waals surface area contributed by atoms with Gasteiger partial charge in [0.05, 0.1) is 25.5 Å². The molecule has 0 fully saturated rings. The highest BCUT2D eigenvalue weighted by atomic mass is 32.2. The van der Waals surface area contributed by atoms with Crippen LogP contribution in [0.2, 0.25) is 0 Å². The van der Waals surface area contributed by atoms with Crippen molar-refractivity contribution in [3.63, 3.8) is 0 Å². The molecule has 0 spiro atoms. The normalized spacial score (nSPS) is 10.7. The molecule has 0 aliphatic carbocycles. The monoisotopic (exact) mass is 531 g/mol. The molecule has 2 aromatic heterocycles. The van der Waals surface area contributed by atoms with E-state index in [2.05, 4.69) is 46.4 Å². The highest BCUT2D eigenvalue weighted by molar-refractivity contribution is 7.99. The Hall–Kier alpha value is -3.38. The number of ether oxygens (including phenoxy) is 2. The zero-order valence-electron chi connectivity index (χ0n) is 21.1. The summed E-state index contributed by atoms with van der Waals surface area (Å²) in [5.41, 5.74) is 2.59. The van der Waals surface area contributed by atoms with E-state index < -0.39 is 11.9 Å². The maximum atomic E-state index is 12.7. The van der Waals surface area contributed by atoms with E-state index in [4.69, 9.17) is 9.47 Å². The Morgan fingerprint density at radius 3 is 2.28 bits per heavy atom. The first-order valence-corrected chi connectivity index (χ1v) is 13.0. The smallest absolute Gasteiger partial charge is 0.348 e. The second kappa shape index (κ2) is 12.0. The van der Waals surface area contributed by atoms with Crippen LogP contribution >= 0.6 is 23.1 Å². The van der Waals surface area contributed by atoms with Crippen LogP contribution in [0.3, 0.4) is 0 Å². The van der Waals surface area contributed by atoms with Gasteiger partial charge >= 0.3 is 11.9 Å². The van der Waals surface area contributed by atoms with Crippen molar-refractivity contribution in [3.8, 4) is 11.4 Å². The van der Waals surface area contributed by atoms with E-state index in [9.17, 15) is 14.4 Å². The van der Waals surface area contributed by atoms with Gasteiger partial charge in [0.1, 0.15) is 9.88 Å². The van der Waals surface area contributed by atoms with Gasteiger partial charge in [0, 0.05) is 31.4 Å². The van der Waals surface area contributed by atoms with E-state index in [0.717, 1.165) is 35.7 Å². The van der Waals surface area contributed by atoms with Crippen LogP contribution in [0.4, 0.5) is 10.7 Å². The summed E-state index contributed by atoms with van der Waals surface area (Å²) in [5.74, 6) is -0.886. The van der Waals surface area contributed by atoms with Crippen LogP contribution in [-0.2, 0) is 21.3 Å². The van der Waals surface area contributed by atoms with Gasteiger partial charge in [-0.1, -0.05) is 11.8 Å². The molecule has 0 bridgehead atoms. The standard InChI is InChI=1S/C24H29N5O5S2/c1-7-29(8-2)16-11-9-15(10-12-16)20-26-27-24(28(20)4)35-13-17(30)25-21-18(22(31)33-5)14(3)19(36-21)23(32)34-6/h9-12H,7-8,13H2,1-6H3,(H,25,30). The summed E-state index contributed by atoms with van der Waals surface area (Å²) in [7, 11) is 4.33. The van der Waals surface area contributed by atoms with Gasteiger partial charge in [0.25, 0.3) is 0 Å². The van der Waals surface area contributed by atoms with Crippen molar-refractivity contribution in [1.82, 2.24) is 14.8 Å². The van der Waals surface area contributed by atoms with Crippen molar-refractivity contribution in [2.45, 2.75) is 25.9 Å². The molecule has 192 valence electrons. The highest BCUT2D eigenvalue weighted by Crippen LogP contribution is 2.34. The first kappa shape index (κ1) is 27.2.